The number of benzene rings is 1. The molecule has 0 atom stereocenters. The van der Waals surface area contributed by atoms with Gasteiger partial charge in [0.2, 0.25) is 0 Å². The third-order valence-corrected chi connectivity index (χ3v) is 3.31. The molecule has 1 aromatic heterocycles. The molecule has 1 saturated heterocycles. The van der Waals surface area contributed by atoms with E-state index >= 15 is 0 Å². The number of hydrogen-bond donors (Lipinski definition) is 0. The van der Waals surface area contributed by atoms with Crippen molar-refractivity contribution >= 4 is 16.7 Å². The quantitative estimate of drug-likeness (QED) is 0.738. The molecule has 2 aromatic rings. The number of nitrogens with zero attached hydrogens (tertiary/aromatic N) is 4. The van der Waals surface area contributed by atoms with Crippen molar-refractivity contribution in [2.24, 2.45) is 0 Å². The van der Waals surface area contributed by atoms with E-state index in [-0.39, 0.29) is 0 Å². The van der Waals surface area contributed by atoms with Gasteiger partial charge in [-0.3, -0.25) is 0 Å². The maximum atomic E-state index is 4.31. The van der Waals surface area contributed by atoms with Gasteiger partial charge in [-0.15, -0.1) is 10.2 Å². The molecule has 4 heteroatoms. The SMILES string of the molecule is CN1CCN(c2cc3ccccc3nn2)CC1. The molecule has 1 aliphatic rings. The van der Waals surface area contributed by atoms with Crippen LogP contribution in [0.4, 0.5) is 5.82 Å². The molecule has 0 saturated carbocycles. The summed E-state index contributed by atoms with van der Waals surface area (Å²) < 4.78 is 0. The Morgan fingerprint density at radius 1 is 1.00 bits per heavy atom. The van der Waals surface area contributed by atoms with Crippen LogP contribution in [-0.4, -0.2) is 48.3 Å². The highest BCUT2D eigenvalue weighted by Gasteiger charge is 2.15. The molecular formula is C13H16N4. The molecule has 1 fully saturated rings. The van der Waals surface area contributed by atoms with Gasteiger partial charge in [-0.05, 0) is 19.2 Å². The number of likely N-dealkylation sites (N-methyl/N-ethyl adjacent to an activating group) is 1. The molecular weight excluding hydrogens is 212 g/mol. The van der Waals surface area contributed by atoms with Crippen molar-refractivity contribution in [3.63, 3.8) is 0 Å². The predicted molar refractivity (Wildman–Crippen MR) is 69.2 cm³/mol. The fourth-order valence-corrected chi connectivity index (χ4v) is 2.16. The summed E-state index contributed by atoms with van der Waals surface area (Å²) in [5.41, 5.74) is 0.963. The van der Waals surface area contributed by atoms with Gasteiger partial charge in [0.25, 0.3) is 0 Å². The van der Waals surface area contributed by atoms with E-state index in [4.69, 9.17) is 0 Å². The van der Waals surface area contributed by atoms with Crippen LogP contribution < -0.4 is 4.90 Å². The van der Waals surface area contributed by atoms with Gasteiger partial charge in [-0.2, -0.15) is 0 Å². The summed E-state index contributed by atoms with van der Waals surface area (Å²) in [5.74, 6) is 0.997. The summed E-state index contributed by atoms with van der Waals surface area (Å²) >= 11 is 0. The van der Waals surface area contributed by atoms with Crippen LogP contribution >= 0.6 is 0 Å². The van der Waals surface area contributed by atoms with Crippen molar-refractivity contribution in [2.75, 3.05) is 38.1 Å². The van der Waals surface area contributed by atoms with Crippen LogP contribution in [0.5, 0.6) is 0 Å². The minimum Gasteiger partial charge on any atom is -0.353 e. The van der Waals surface area contributed by atoms with E-state index in [0.29, 0.717) is 0 Å². The summed E-state index contributed by atoms with van der Waals surface area (Å²) in [6.45, 7) is 4.25. The smallest absolute Gasteiger partial charge is 0.151 e. The molecule has 0 unspecified atom stereocenters. The van der Waals surface area contributed by atoms with Crippen LogP contribution in [0.25, 0.3) is 10.9 Å². The first kappa shape index (κ1) is 10.5. The highest BCUT2D eigenvalue weighted by molar-refractivity contribution is 5.80. The summed E-state index contributed by atoms with van der Waals surface area (Å²) in [6, 6.07) is 10.2. The Hall–Kier alpha value is -1.68. The van der Waals surface area contributed by atoms with Crippen molar-refractivity contribution in [1.29, 1.82) is 0 Å². The van der Waals surface area contributed by atoms with Gasteiger partial charge in [0.15, 0.2) is 5.82 Å². The number of rotatable bonds is 1. The zero-order valence-corrected chi connectivity index (χ0v) is 10.0. The Balaban J connectivity index is 1.90. The molecule has 1 aromatic carbocycles. The summed E-state index contributed by atoms with van der Waals surface area (Å²) in [7, 11) is 2.16. The lowest BCUT2D eigenvalue weighted by atomic mass is 10.2. The molecule has 3 rings (SSSR count). The van der Waals surface area contributed by atoms with E-state index in [1.54, 1.807) is 0 Å². The van der Waals surface area contributed by atoms with Crippen LogP contribution in [0, 0.1) is 0 Å². The Morgan fingerprint density at radius 3 is 2.59 bits per heavy atom. The largest absolute Gasteiger partial charge is 0.353 e. The third kappa shape index (κ3) is 2.08. The van der Waals surface area contributed by atoms with Crippen molar-refractivity contribution in [2.45, 2.75) is 0 Å². The lowest BCUT2D eigenvalue weighted by molar-refractivity contribution is 0.312. The molecule has 0 spiro atoms. The molecule has 0 aliphatic carbocycles. The third-order valence-electron chi connectivity index (χ3n) is 3.31. The van der Waals surface area contributed by atoms with Gasteiger partial charge < -0.3 is 9.80 Å². The van der Waals surface area contributed by atoms with Crippen molar-refractivity contribution in [1.82, 2.24) is 15.1 Å². The maximum absolute atomic E-state index is 4.31. The van der Waals surface area contributed by atoms with Crippen LogP contribution in [0.15, 0.2) is 30.3 Å². The van der Waals surface area contributed by atoms with E-state index in [1.807, 2.05) is 18.2 Å². The molecule has 0 amide bonds. The molecule has 1 aliphatic heterocycles. The maximum Gasteiger partial charge on any atom is 0.151 e. The highest BCUT2D eigenvalue weighted by Crippen LogP contribution is 2.17. The molecule has 2 heterocycles. The van der Waals surface area contributed by atoms with Gasteiger partial charge in [-0.25, -0.2) is 0 Å². The second kappa shape index (κ2) is 4.30. The number of anilines is 1. The molecule has 0 bridgehead atoms. The van der Waals surface area contributed by atoms with Crippen LogP contribution in [-0.2, 0) is 0 Å². The van der Waals surface area contributed by atoms with Gasteiger partial charge in [0, 0.05) is 31.6 Å². The molecule has 17 heavy (non-hydrogen) atoms. The average Bonchev–Trinajstić information content (AvgIpc) is 2.39. The van der Waals surface area contributed by atoms with Crippen molar-refractivity contribution in [3.05, 3.63) is 30.3 Å². The van der Waals surface area contributed by atoms with Gasteiger partial charge in [0.1, 0.15) is 0 Å². The van der Waals surface area contributed by atoms with E-state index < -0.39 is 0 Å². The summed E-state index contributed by atoms with van der Waals surface area (Å²) in [5, 5.41) is 9.75. The first-order valence-electron chi connectivity index (χ1n) is 5.99. The lowest BCUT2D eigenvalue weighted by Crippen LogP contribution is -2.44. The first-order valence-corrected chi connectivity index (χ1v) is 5.99. The minimum absolute atomic E-state index is 0.963. The fraction of sp³-hybridized carbons (Fsp3) is 0.385. The minimum atomic E-state index is 0.963. The van der Waals surface area contributed by atoms with Crippen LogP contribution in [0.3, 0.4) is 0 Å². The molecule has 88 valence electrons. The molecule has 4 nitrogen and oxygen atoms in total. The Bertz CT molecular complexity index is 518. The molecule has 0 radical (unpaired) electrons. The van der Waals surface area contributed by atoms with Crippen LogP contribution in [0.1, 0.15) is 0 Å². The normalized spacial score (nSPS) is 17.6. The van der Waals surface area contributed by atoms with Gasteiger partial charge >= 0.3 is 0 Å². The number of hydrogen-bond acceptors (Lipinski definition) is 4. The molecule has 0 N–H and O–H groups in total. The lowest BCUT2D eigenvalue weighted by Gasteiger charge is -2.32. The predicted octanol–water partition coefficient (Wildman–Crippen LogP) is 1.38. The Kier molecular flexibility index (Phi) is 2.65. The van der Waals surface area contributed by atoms with E-state index in [1.165, 1.54) is 0 Å². The fourth-order valence-electron chi connectivity index (χ4n) is 2.16. The standard InChI is InChI=1S/C13H16N4/c1-16-6-8-17(9-7-16)13-10-11-4-2-3-5-12(11)14-15-13/h2-5,10H,6-9H2,1H3. The van der Waals surface area contributed by atoms with Crippen molar-refractivity contribution < 1.29 is 0 Å². The zero-order valence-electron chi connectivity index (χ0n) is 10.0. The highest BCUT2D eigenvalue weighted by atomic mass is 15.3. The van der Waals surface area contributed by atoms with Gasteiger partial charge in [0.05, 0.1) is 5.52 Å². The second-order valence-electron chi connectivity index (χ2n) is 4.55. The number of piperazine rings is 1. The van der Waals surface area contributed by atoms with E-state index in [9.17, 15) is 0 Å². The topological polar surface area (TPSA) is 32.3 Å². The van der Waals surface area contributed by atoms with E-state index in [2.05, 4.69) is 39.2 Å². The summed E-state index contributed by atoms with van der Waals surface area (Å²) in [6.07, 6.45) is 0. The Labute approximate surface area is 101 Å². The zero-order chi connectivity index (χ0) is 11.7. The summed E-state index contributed by atoms with van der Waals surface area (Å²) in [4.78, 5) is 4.64. The second-order valence-corrected chi connectivity index (χ2v) is 4.55. The number of fused-ring (bicyclic) bond motifs is 1. The Morgan fingerprint density at radius 2 is 1.76 bits per heavy atom. The van der Waals surface area contributed by atoms with Crippen LogP contribution in [0.2, 0.25) is 0 Å². The van der Waals surface area contributed by atoms with Gasteiger partial charge in [-0.1, -0.05) is 18.2 Å². The van der Waals surface area contributed by atoms with Crippen molar-refractivity contribution in [3.8, 4) is 0 Å². The number of aromatic nitrogens is 2. The van der Waals surface area contributed by atoms with E-state index in [0.717, 1.165) is 42.9 Å². The average molecular weight is 228 g/mol. The monoisotopic (exact) mass is 228 g/mol. The first-order chi connectivity index (χ1) is 8.33.